The molecule has 0 aliphatic carbocycles. The number of ether oxygens (including phenoxy) is 6. The Labute approximate surface area is 234 Å². The predicted octanol–water partition coefficient (Wildman–Crippen LogP) is -2.04. The SMILES string of the molecule is CO[C@@H]1C(C)[C@@H](C)OC(C)[C@@H]1N.CO[C@@H]1C(O)[C@@H](C)OC(C(=O)O)[C@@H]1O.CO[C@H]1C(C(=O)O)O[C@H](C)C(O)[C@H]1O. The van der Waals surface area contributed by atoms with Crippen molar-refractivity contribution in [2.24, 2.45) is 11.7 Å². The van der Waals surface area contributed by atoms with Gasteiger partial charge in [-0.1, -0.05) is 6.92 Å². The normalized spacial score (nSPS) is 45.3. The molecule has 8 N–H and O–H groups in total. The molecule has 15 nitrogen and oxygen atoms in total. The van der Waals surface area contributed by atoms with Crippen LogP contribution >= 0.6 is 0 Å². The third-order valence-corrected chi connectivity index (χ3v) is 7.57. The first-order chi connectivity index (χ1) is 18.5. The van der Waals surface area contributed by atoms with Crippen LogP contribution in [0.5, 0.6) is 0 Å². The summed E-state index contributed by atoms with van der Waals surface area (Å²) < 4.78 is 30.5. The van der Waals surface area contributed by atoms with Crippen molar-refractivity contribution in [3.63, 3.8) is 0 Å². The van der Waals surface area contributed by atoms with E-state index in [0.717, 1.165) is 0 Å². The van der Waals surface area contributed by atoms with Gasteiger partial charge in [0.1, 0.15) is 36.6 Å². The van der Waals surface area contributed by atoms with Crippen molar-refractivity contribution in [3.05, 3.63) is 0 Å². The fourth-order valence-electron chi connectivity index (χ4n) is 4.83. The molecule has 40 heavy (non-hydrogen) atoms. The molecule has 3 rings (SSSR count). The molecule has 0 radical (unpaired) electrons. The smallest absolute Gasteiger partial charge is 0.335 e. The van der Waals surface area contributed by atoms with Crippen molar-refractivity contribution < 1.29 is 68.6 Å². The fourth-order valence-corrected chi connectivity index (χ4v) is 4.83. The molecule has 0 bridgehead atoms. The molecule has 0 aromatic rings. The Balaban J connectivity index is 0.000000301. The number of hydrogen-bond donors (Lipinski definition) is 7. The van der Waals surface area contributed by atoms with E-state index < -0.39 is 73.0 Å². The van der Waals surface area contributed by atoms with Gasteiger partial charge in [0.25, 0.3) is 0 Å². The zero-order chi connectivity index (χ0) is 31.1. The second kappa shape index (κ2) is 16.2. The van der Waals surface area contributed by atoms with Crippen LogP contribution in [0.15, 0.2) is 0 Å². The molecule has 0 aromatic carbocycles. The summed E-state index contributed by atoms with van der Waals surface area (Å²) in [6, 6.07) is 0.00111. The number of carboxylic acids is 2. The molecule has 3 heterocycles. The Morgan fingerprint density at radius 2 is 1.02 bits per heavy atom. The van der Waals surface area contributed by atoms with E-state index in [1.807, 2.05) is 6.92 Å². The lowest BCUT2D eigenvalue weighted by Gasteiger charge is -2.41. The third kappa shape index (κ3) is 8.75. The van der Waals surface area contributed by atoms with E-state index >= 15 is 0 Å². The monoisotopic (exact) mass is 585 g/mol. The first kappa shape index (κ1) is 36.5. The lowest BCUT2D eigenvalue weighted by atomic mass is 9.88. The average Bonchev–Trinajstić information content (AvgIpc) is 2.89. The second-order valence-electron chi connectivity index (χ2n) is 10.2. The minimum absolute atomic E-state index is 0.00111. The molecule has 15 atom stereocenters. The van der Waals surface area contributed by atoms with Crippen molar-refractivity contribution in [1.29, 1.82) is 0 Å². The van der Waals surface area contributed by atoms with Crippen LogP contribution in [0.4, 0.5) is 0 Å². The predicted molar refractivity (Wildman–Crippen MR) is 138 cm³/mol. The molecule has 0 aromatic heterocycles. The van der Waals surface area contributed by atoms with Gasteiger partial charge in [0.05, 0.1) is 36.6 Å². The Morgan fingerprint density at radius 1 is 0.575 bits per heavy atom. The Hall–Kier alpha value is -1.50. The van der Waals surface area contributed by atoms with E-state index in [-0.39, 0.29) is 24.4 Å². The van der Waals surface area contributed by atoms with Gasteiger partial charge in [-0.2, -0.15) is 0 Å². The summed E-state index contributed by atoms with van der Waals surface area (Å²) in [5, 5.41) is 55.4. The van der Waals surface area contributed by atoms with Gasteiger partial charge < -0.3 is 64.8 Å². The van der Waals surface area contributed by atoms with Crippen molar-refractivity contribution in [3.8, 4) is 0 Å². The van der Waals surface area contributed by atoms with Crippen LogP contribution in [0.3, 0.4) is 0 Å². The van der Waals surface area contributed by atoms with Gasteiger partial charge in [-0.15, -0.1) is 0 Å². The molecular formula is C25H47NO14. The van der Waals surface area contributed by atoms with E-state index in [4.69, 9.17) is 44.4 Å². The largest absolute Gasteiger partial charge is 0.479 e. The van der Waals surface area contributed by atoms with E-state index in [2.05, 4.69) is 13.8 Å². The number of carbonyl (C=O) groups is 2. The molecule has 3 saturated heterocycles. The molecule has 3 aliphatic heterocycles. The van der Waals surface area contributed by atoms with Crippen LogP contribution in [0.2, 0.25) is 0 Å². The number of hydrogen-bond acceptors (Lipinski definition) is 13. The Kier molecular flexibility index (Phi) is 14.8. The zero-order valence-electron chi connectivity index (χ0n) is 24.2. The molecule has 15 heteroatoms. The summed E-state index contributed by atoms with van der Waals surface area (Å²) in [4.78, 5) is 21.4. The van der Waals surface area contributed by atoms with E-state index in [9.17, 15) is 30.0 Å². The van der Waals surface area contributed by atoms with Gasteiger partial charge in [0.15, 0.2) is 12.2 Å². The molecule has 236 valence electrons. The molecule has 0 amide bonds. The standard InChI is InChI=1S/C9H19NO2.2C8H14O6/c1-5-6(2)12-7(3)8(10)9(5)11-4;1-3-4(9)6(13-2)5(10)7(14-3)8(11)12;1-3-4(9)5(10)6(13-2)7(14-3)8(11)12/h5-9H,10H2,1-4H3;2*3-7,9-10H,1-2H3,(H,11,12)/t5?,6-,7?,8+,9-;2*3-,4?,5-,6-,7?/m111/s1. The van der Waals surface area contributed by atoms with Crippen LogP contribution in [0.1, 0.15) is 34.6 Å². The number of aliphatic hydroxyl groups is 4. The highest BCUT2D eigenvalue weighted by atomic mass is 16.6. The molecular weight excluding hydrogens is 538 g/mol. The first-order valence-electron chi connectivity index (χ1n) is 13.0. The lowest BCUT2D eigenvalue weighted by molar-refractivity contribution is -0.229. The minimum Gasteiger partial charge on any atom is -0.479 e. The van der Waals surface area contributed by atoms with Crippen LogP contribution in [0, 0.1) is 5.92 Å². The van der Waals surface area contributed by atoms with Crippen LogP contribution < -0.4 is 5.73 Å². The number of methoxy groups -OCH3 is 3. The van der Waals surface area contributed by atoms with Gasteiger partial charge in [-0.25, -0.2) is 9.59 Å². The number of rotatable bonds is 5. The highest BCUT2D eigenvalue weighted by Crippen LogP contribution is 2.26. The molecule has 3 fully saturated rings. The van der Waals surface area contributed by atoms with Crippen LogP contribution in [0.25, 0.3) is 0 Å². The quantitative estimate of drug-likeness (QED) is 0.184. The van der Waals surface area contributed by atoms with Crippen molar-refractivity contribution >= 4 is 11.9 Å². The van der Waals surface area contributed by atoms with Gasteiger partial charge in [0.2, 0.25) is 0 Å². The topological polar surface area (TPSA) is 237 Å². The number of carboxylic acid groups (broad SMARTS) is 2. The summed E-state index contributed by atoms with van der Waals surface area (Å²) in [5.41, 5.74) is 5.94. The van der Waals surface area contributed by atoms with E-state index in [1.54, 1.807) is 7.11 Å². The highest BCUT2D eigenvalue weighted by molar-refractivity contribution is 5.73. The third-order valence-electron chi connectivity index (χ3n) is 7.57. The van der Waals surface area contributed by atoms with Crippen molar-refractivity contribution in [2.45, 2.75) is 120 Å². The maximum atomic E-state index is 10.7. The minimum atomic E-state index is -1.36. The maximum absolute atomic E-state index is 10.7. The first-order valence-corrected chi connectivity index (χ1v) is 13.0. The lowest BCUT2D eigenvalue weighted by Crippen LogP contribution is -2.59. The number of aliphatic hydroxyl groups excluding tert-OH is 4. The highest BCUT2D eigenvalue weighted by Gasteiger charge is 2.47. The van der Waals surface area contributed by atoms with Crippen LogP contribution in [-0.4, -0.2) is 149 Å². The molecule has 3 aliphatic rings. The Morgan fingerprint density at radius 3 is 1.48 bits per heavy atom. The number of nitrogens with two attached hydrogens (primary N) is 1. The van der Waals surface area contributed by atoms with E-state index in [1.165, 1.54) is 28.1 Å². The zero-order valence-corrected chi connectivity index (χ0v) is 24.2. The average molecular weight is 586 g/mol. The second-order valence-corrected chi connectivity index (χ2v) is 10.2. The van der Waals surface area contributed by atoms with E-state index in [0.29, 0.717) is 5.92 Å². The van der Waals surface area contributed by atoms with Gasteiger partial charge >= 0.3 is 11.9 Å². The molecule has 0 spiro atoms. The van der Waals surface area contributed by atoms with Crippen molar-refractivity contribution in [2.75, 3.05) is 21.3 Å². The summed E-state index contributed by atoms with van der Waals surface area (Å²) in [6.07, 6.45) is -10.3. The molecule has 6 unspecified atom stereocenters. The fraction of sp³-hybridized carbons (Fsp3) is 0.920. The maximum Gasteiger partial charge on any atom is 0.335 e. The van der Waals surface area contributed by atoms with Crippen molar-refractivity contribution in [1.82, 2.24) is 0 Å². The summed E-state index contributed by atoms with van der Waals surface area (Å²) in [5.74, 6) is -2.10. The Bertz CT molecular complexity index is 775. The van der Waals surface area contributed by atoms with Gasteiger partial charge in [0, 0.05) is 27.2 Å². The van der Waals surface area contributed by atoms with Crippen LogP contribution in [-0.2, 0) is 38.0 Å². The summed E-state index contributed by atoms with van der Waals surface area (Å²) >= 11 is 0. The summed E-state index contributed by atoms with van der Waals surface area (Å²) in [6.45, 7) is 9.21. The number of aliphatic carboxylic acids is 2. The molecule has 0 saturated carbocycles. The van der Waals surface area contributed by atoms with Gasteiger partial charge in [-0.3, -0.25) is 0 Å². The summed E-state index contributed by atoms with van der Waals surface area (Å²) in [7, 11) is 4.27. The van der Waals surface area contributed by atoms with Gasteiger partial charge in [-0.05, 0) is 27.7 Å².